The van der Waals surface area contributed by atoms with E-state index >= 15 is 0 Å². The maximum atomic E-state index is 11.2. The molecule has 0 atom stereocenters. The number of para-hydroxylation sites is 1. The molecule has 1 N–H and O–H groups in total. The summed E-state index contributed by atoms with van der Waals surface area (Å²) in [6.45, 7) is 3.48. The van der Waals surface area contributed by atoms with Gasteiger partial charge in [-0.2, -0.15) is 0 Å². The van der Waals surface area contributed by atoms with Crippen molar-refractivity contribution in [1.29, 1.82) is 0 Å². The Balaban J connectivity index is 2.20. The van der Waals surface area contributed by atoms with Crippen LogP contribution < -0.4 is 5.32 Å². The Morgan fingerprint density at radius 1 is 1.15 bits per heavy atom. The zero-order valence-electron chi connectivity index (χ0n) is 11.4. The van der Waals surface area contributed by atoms with Crippen molar-refractivity contribution in [2.24, 2.45) is 0 Å². The van der Waals surface area contributed by atoms with Crippen molar-refractivity contribution in [3.05, 3.63) is 54.4 Å². The number of benzene rings is 2. The van der Waals surface area contributed by atoms with E-state index in [4.69, 9.17) is 0 Å². The van der Waals surface area contributed by atoms with Gasteiger partial charge >= 0.3 is 0 Å². The molecule has 0 bridgehead atoms. The van der Waals surface area contributed by atoms with Crippen LogP contribution >= 0.6 is 0 Å². The van der Waals surface area contributed by atoms with E-state index in [0.717, 1.165) is 28.2 Å². The van der Waals surface area contributed by atoms with Crippen LogP contribution in [0.1, 0.15) is 12.7 Å². The highest BCUT2D eigenvalue weighted by Crippen LogP contribution is 2.24. The van der Waals surface area contributed by atoms with Gasteiger partial charge in [-0.1, -0.05) is 18.2 Å². The van der Waals surface area contributed by atoms with Crippen LogP contribution in [0.25, 0.3) is 16.7 Å². The first-order valence-corrected chi connectivity index (χ1v) is 6.47. The highest BCUT2D eigenvalue weighted by atomic mass is 16.1. The molecule has 0 aliphatic heterocycles. The number of aryl methyl sites for hydroxylation is 1. The first-order chi connectivity index (χ1) is 9.65. The number of rotatable bonds is 2. The SMILES string of the molecule is CC(=O)Nc1ccc2nc(C)n(-c3ccccc3)c2c1. The summed E-state index contributed by atoms with van der Waals surface area (Å²) in [5, 5.41) is 2.80. The zero-order chi connectivity index (χ0) is 14.1. The molecule has 0 radical (unpaired) electrons. The predicted octanol–water partition coefficient (Wildman–Crippen LogP) is 3.29. The lowest BCUT2D eigenvalue weighted by atomic mass is 10.2. The molecule has 0 saturated heterocycles. The van der Waals surface area contributed by atoms with Crippen molar-refractivity contribution in [2.75, 3.05) is 5.32 Å². The maximum absolute atomic E-state index is 11.2. The molecule has 1 amide bonds. The topological polar surface area (TPSA) is 46.9 Å². The van der Waals surface area contributed by atoms with Gasteiger partial charge in [-0.15, -0.1) is 0 Å². The van der Waals surface area contributed by atoms with Gasteiger partial charge in [0.25, 0.3) is 0 Å². The van der Waals surface area contributed by atoms with Crippen molar-refractivity contribution in [2.45, 2.75) is 13.8 Å². The van der Waals surface area contributed by atoms with E-state index in [1.54, 1.807) is 0 Å². The van der Waals surface area contributed by atoms with E-state index in [-0.39, 0.29) is 5.91 Å². The fourth-order valence-corrected chi connectivity index (χ4v) is 2.38. The minimum atomic E-state index is -0.0770. The Hall–Kier alpha value is -2.62. The number of hydrogen-bond donors (Lipinski definition) is 1. The van der Waals surface area contributed by atoms with Crippen LogP contribution in [0, 0.1) is 6.92 Å². The third kappa shape index (κ3) is 2.16. The molecule has 0 unspecified atom stereocenters. The fraction of sp³-hybridized carbons (Fsp3) is 0.125. The summed E-state index contributed by atoms with van der Waals surface area (Å²) >= 11 is 0. The molecular formula is C16H15N3O. The van der Waals surface area contributed by atoms with Crippen molar-refractivity contribution < 1.29 is 4.79 Å². The predicted molar refractivity (Wildman–Crippen MR) is 80.1 cm³/mol. The minimum Gasteiger partial charge on any atom is -0.326 e. The Bertz CT molecular complexity index is 775. The summed E-state index contributed by atoms with van der Waals surface area (Å²) in [6, 6.07) is 15.8. The summed E-state index contributed by atoms with van der Waals surface area (Å²) in [5.74, 6) is 0.845. The Morgan fingerprint density at radius 2 is 1.90 bits per heavy atom. The first-order valence-electron chi connectivity index (χ1n) is 6.47. The molecule has 4 heteroatoms. The molecule has 2 aromatic carbocycles. The summed E-state index contributed by atoms with van der Waals surface area (Å²) in [6.07, 6.45) is 0. The number of carbonyl (C=O) groups excluding carboxylic acids is 1. The van der Waals surface area contributed by atoms with Gasteiger partial charge in [0, 0.05) is 18.3 Å². The number of carbonyl (C=O) groups is 1. The maximum Gasteiger partial charge on any atom is 0.221 e. The number of imidazole rings is 1. The molecule has 0 aliphatic rings. The van der Waals surface area contributed by atoms with Gasteiger partial charge < -0.3 is 5.32 Å². The van der Waals surface area contributed by atoms with Gasteiger partial charge in [0.15, 0.2) is 0 Å². The van der Waals surface area contributed by atoms with Crippen LogP contribution in [0.15, 0.2) is 48.5 Å². The van der Waals surface area contributed by atoms with Crippen molar-refractivity contribution >= 4 is 22.6 Å². The number of hydrogen-bond acceptors (Lipinski definition) is 2. The van der Waals surface area contributed by atoms with E-state index in [1.807, 2.05) is 55.5 Å². The van der Waals surface area contributed by atoms with Crippen molar-refractivity contribution in [3.8, 4) is 5.69 Å². The van der Waals surface area contributed by atoms with Crippen LogP contribution in [-0.2, 0) is 4.79 Å². The van der Waals surface area contributed by atoms with Crippen LogP contribution in [0.3, 0.4) is 0 Å². The number of anilines is 1. The molecule has 0 spiro atoms. The third-order valence-electron chi connectivity index (χ3n) is 3.16. The number of nitrogens with one attached hydrogen (secondary N) is 1. The summed E-state index contributed by atoms with van der Waals surface area (Å²) < 4.78 is 2.08. The zero-order valence-corrected chi connectivity index (χ0v) is 11.4. The van der Waals surface area contributed by atoms with Gasteiger partial charge in [0.1, 0.15) is 5.82 Å². The standard InChI is InChI=1S/C16H15N3O/c1-11-17-15-9-8-13(18-12(2)20)10-16(15)19(11)14-6-4-3-5-7-14/h3-10H,1-2H3,(H,18,20). The lowest BCUT2D eigenvalue weighted by Crippen LogP contribution is -2.05. The van der Waals surface area contributed by atoms with E-state index in [2.05, 4.69) is 14.9 Å². The molecule has 100 valence electrons. The number of fused-ring (bicyclic) bond motifs is 1. The monoisotopic (exact) mass is 265 g/mol. The highest BCUT2D eigenvalue weighted by Gasteiger charge is 2.10. The van der Waals surface area contributed by atoms with Crippen molar-refractivity contribution in [3.63, 3.8) is 0 Å². The second-order valence-electron chi connectivity index (χ2n) is 4.71. The Kier molecular flexibility index (Phi) is 2.99. The summed E-state index contributed by atoms with van der Waals surface area (Å²) in [4.78, 5) is 15.7. The van der Waals surface area contributed by atoms with Gasteiger partial charge in [-0.05, 0) is 37.3 Å². The van der Waals surface area contributed by atoms with Gasteiger partial charge in [0.05, 0.1) is 11.0 Å². The molecular weight excluding hydrogens is 250 g/mol. The smallest absolute Gasteiger partial charge is 0.221 e. The van der Waals surface area contributed by atoms with Gasteiger partial charge in [-0.25, -0.2) is 4.98 Å². The van der Waals surface area contributed by atoms with E-state index in [0.29, 0.717) is 0 Å². The third-order valence-corrected chi connectivity index (χ3v) is 3.16. The summed E-state index contributed by atoms with van der Waals surface area (Å²) in [7, 11) is 0. The van der Waals surface area contributed by atoms with Crippen molar-refractivity contribution in [1.82, 2.24) is 9.55 Å². The molecule has 0 aliphatic carbocycles. The molecule has 3 rings (SSSR count). The molecule has 4 nitrogen and oxygen atoms in total. The average Bonchev–Trinajstić information content (AvgIpc) is 2.74. The summed E-state index contributed by atoms with van der Waals surface area (Å²) in [5.41, 5.74) is 3.75. The van der Waals surface area contributed by atoms with Crippen LogP contribution in [-0.4, -0.2) is 15.5 Å². The van der Waals surface area contributed by atoms with E-state index in [1.165, 1.54) is 6.92 Å². The van der Waals surface area contributed by atoms with Crippen LogP contribution in [0.2, 0.25) is 0 Å². The fourth-order valence-electron chi connectivity index (χ4n) is 2.38. The second-order valence-corrected chi connectivity index (χ2v) is 4.71. The molecule has 20 heavy (non-hydrogen) atoms. The number of nitrogens with zero attached hydrogens (tertiary/aromatic N) is 2. The minimum absolute atomic E-state index is 0.0770. The van der Waals surface area contributed by atoms with Gasteiger partial charge in [-0.3, -0.25) is 9.36 Å². The molecule has 0 saturated carbocycles. The number of amides is 1. The quantitative estimate of drug-likeness (QED) is 0.772. The van der Waals surface area contributed by atoms with E-state index in [9.17, 15) is 4.79 Å². The lowest BCUT2D eigenvalue weighted by molar-refractivity contribution is -0.114. The Labute approximate surface area is 117 Å². The second kappa shape index (κ2) is 4.81. The van der Waals surface area contributed by atoms with Gasteiger partial charge in [0.2, 0.25) is 5.91 Å². The highest BCUT2D eigenvalue weighted by molar-refractivity contribution is 5.92. The number of aromatic nitrogens is 2. The first kappa shape index (κ1) is 12.4. The molecule has 1 heterocycles. The largest absolute Gasteiger partial charge is 0.326 e. The Morgan fingerprint density at radius 3 is 2.60 bits per heavy atom. The lowest BCUT2D eigenvalue weighted by Gasteiger charge is -2.07. The van der Waals surface area contributed by atoms with Crippen LogP contribution in [0.4, 0.5) is 5.69 Å². The molecule has 0 fully saturated rings. The van der Waals surface area contributed by atoms with Crippen LogP contribution in [0.5, 0.6) is 0 Å². The average molecular weight is 265 g/mol. The normalized spacial score (nSPS) is 10.7. The van der Waals surface area contributed by atoms with E-state index < -0.39 is 0 Å². The molecule has 3 aromatic rings. The molecule has 1 aromatic heterocycles.